The summed E-state index contributed by atoms with van der Waals surface area (Å²) in [6.45, 7) is 7.13. The third-order valence-electron chi connectivity index (χ3n) is 3.45. The molecule has 13 heavy (non-hydrogen) atoms. The van der Waals surface area contributed by atoms with Crippen molar-refractivity contribution < 1.29 is 0 Å². The maximum atomic E-state index is 2.44. The molecule has 0 amide bonds. The van der Waals surface area contributed by atoms with Gasteiger partial charge in [-0.25, -0.2) is 0 Å². The fraction of sp³-hybridized carbons (Fsp3) is 1.00. The molecule has 2 unspecified atom stereocenters. The molecule has 0 aromatic rings. The lowest BCUT2D eigenvalue weighted by Crippen LogP contribution is -2.04. The van der Waals surface area contributed by atoms with Gasteiger partial charge in [0.15, 0.2) is 0 Å². The number of rotatable bonds is 3. The average Bonchev–Trinajstić information content (AvgIpc) is 2.26. The van der Waals surface area contributed by atoms with Crippen LogP contribution in [0.5, 0.6) is 0 Å². The van der Waals surface area contributed by atoms with Crippen molar-refractivity contribution in [3.8, 4) is 0 Å². The van der Waals surface area contributed by atoms with E-state index >= 15 is 0 Å². The van der Waals surface area contributed by atoms with E-state index in [0.29, 0.717) is 0 Å². The summed E-state index contributed by atoms with van der Waals surface area (Å²) in [4.78, 5) is 0. The van der Waals surface area contributed by atoms with E-state index in [4.69, 9.17) is 0 Å². The minimum Gasteiger partial charge on any atom is -0.0628 e. The van der Waals surface area contributed by atoms with Gasteiger partial charge in [-0.1, -0.05) is 59.3 Å². The third-order valence-corrected chi connectivity index (χ3v) is 3.45. The molecule has 1 aliphatic rings. The Hall–Kier alpha value is 0. The van der Waals surface area contributed by atoms with Crippen molar-refractivity contribution in [3.05, 3.63) is 0 Å². The average molecular weight is 182 g/mol. The molecule has 0 aliphatic heterocycles. The predicted molar refractivity (Wildman–Crippen MR) is 59.8 cm³/mol. The lowest BCUT2D eigenvalue weighted by atomic mass is 9.89. The van der Waals surface area contributed by atoms with Crippen LogP contribution in [0.4, 0.5) is 0 Å². The molecule has 78 valence electrons. The summed E-state index contributed by atoms with van der Waals surface area (Å²) >= 11 is 0. The highest BCUT2D eigenvalue weighted by atomic mass is 14.2. The highest BCUT2D eigenvalue weighted by Gasteiger charge is 2.16. The molecule has 1 aliphatic carbocycles. The molecule has 0 bridgehead atoms. The van der Waals surface area contributed by atoms with Gasteiger partial charge < -0.3 is 0 Å². The summed E-state index contributed by atoms with van der Waals surface area (Å²) in [7, 11) is 0. The molecule has 2 atom stereocenters. The number of hydrogen-bond acceptors (Lipinski definition) is 0. The summed E-state index contributed by atoms with van der Waals surface area (Å²) in [6, 6.07) is 0. The zero-order chi connectivity index (χ0) is 9.68. The van der Waals surface area contributed by atoms with Crippen LogP contribution in [-0.4, -0.2) is 0 Å². The standard InChI is InChI=1S/C13H26/c1-11(2)8-9-13-7-5-4-6-12(3)10-13/h11-13H,4-10H2,1-3H3. The Morgan fingerprint density at radius 1 is 1.15 bits per heavy atom. The second-order valence-electron chi connectivity index (χ2n) is 5.46. The summed E-state index contributed by atoms with van der Waals surface area (Å²) < 4.78 is 0. The SMILES string of the molecule is CC(C)CCC1CCCCC(C)C1. The van der Waals surface area contributed by atoms with Crippen molar-refractivity contribution in [2.45, 2.75) is 65.7 Å². The van der Waals surface area contributed by atoms with E-state index in [2.05, 4.69) is 20.8 Å². The molecule has 0 saturated heterocycles. The minimum atomic E-state index is 0.901. The van der Waals surface area contributed by atoms with Crippen molar-refractivity contribution in [2.24, 2.45) is 17.8 Å². The van der Waals surface area contributed by atoms with Gasteiger partial charge in [0.25, 0.3) is 0 Å². The highest BCUT2D eigenvalue weighted by molar-refractivity contribution is 4.69. The zero-order valence-electron chi connectivity index (χ0n) is 9.68. The van der Waals surface area contributed by atoms with Gasteiger partial charge >= 0.3 is 0 Å². The summed E-state index contributed by atoms with van der Waals surface area (Å²) in [6.07, 6.45) is 10.4. The Labute approximate surface area is 84.1 Å². The molecule has 0 heteroatoms. The first-order chi connectivity index (χ1) is 6.18. The fourth-order valence-corrected chi connectivity index (χ4v) is 2.56. The lowest BCUT2D eigenvalue weighted by molar-refractivity contribution is 0.347. The van der Waals surface area contributed by atoms with Gasteiger partial charge in [0.05, 0.1) is 0 Å². The number of hydrogen-bond donors (Lipinski definition) is 0. The first kappa shape index (κ1) is 11.1. The maximum Gasteiger partial charge on any atom is -0.0412 e. The molecule has 0 radical (unpaired) electrons. The van der Waals surface area contributed by atoms with Crippen molar-refractivity contribution in [1.82, 2.24) is 0 Å². The van der Waals surface area contributed by atoms with Crippen LogP contribution in [-0.2, 0) is 0 Å². The van der Waals surface area contributed by atoms with Gasteiger partial charge in [0, 0.05) is 0 Å². The summed E-state index contributed by atoms with van der Waals surface area (Å²) in [5, 5.41) is 0. The van der Waals surface area contributed by atoms with Gasteiger partial charge in [-0.3, -0.25) is 0 Å². The van der Waals surface area contributed by atoms with Crippen LogP contribution in [0.1, 0.15) is 65.7 Å². The van der Waals surface area contributed by atoms with Crippen LogP contribution < -0.4 is 0 Å². The van der Waals surface area contributed by atoms with Crippen molar-refractivity contribution in [3.63, 3.8) is 0 Å². The Morgan fingerprint density at radius 2 is 1.85 bits per heavy atom. The molecular formula is C13H26. The van der Waals surface area contributed by atoms with Crippen molar-refractivity contribution in [1.29, 1.82) is 0 Å². The van der Waals surface area contributed by atoms with E-state index in [9.17, 15) is 0 Å². The summed E-state index contributed by atoms with van der Waals surface area (Å²) in [5.74, 6) is 2.96. The molecule has 1 fully saturated rings. The molecule has 1 saturated carbocycles. The van der Waals surface area contributed by atoms with E-state index in [-0.39, 0.29) is 0 Å². The lowest BCUT2D eigenvalue weighted by Gasteiger charge is -2.17. The normalized spacial score (nSPS) is 30.5. The largest absolute Gasteiger partial charge is 0.0628 e. The predicted octanol–water partition coefficient (Wildman–Crippen LogP) is 4.64. The Balaban J connectivity index is 2.22. The van der Waals surface area contributed by atoms with Crippen molar-refractivity contribution in [2.75, 3.05) is 0 Å². The van der Waals surface area contributed by atoms with Gasteiger partial charge in [0.1, 0.15) is 0 Å². The third kappa shape index (κ3) is 4.69. The molecule has 1 rings (SSSR count). The van der Waals surface area contributed by atoms with Crippen LogP contribution in [0.3, 0.4) is 0 Å². The minimum absolute atomic E-state index is 0.901. The Kier molecular flexibility index (Phi) is 4.83. The molecule has 0 N–H and O–H groups in total. The Bertz CT molecular complexity index is 126. The highest BCUT2D eigenvalue weighted by Crippen LogP contribution is 2.30. The van der Waals surface area contributed by atoms with Gasteiger partial charge in [-0.05, 0) is 24.2 Å². The topological polar surface area (TPSA) is 0 Å². The molecule has 0 spiro atoms. The van der Waals surface area contributed by atoms with Crippen LogP contribution >= 0.6 is 0 Å². The second-order valence-corrected chi connectivity index (χ2v) is 5.46. The van der Waals surface area contributed by atoms with Gasteiger partial charge in [0.2, 0.25) is 0 Å². The van der Waals surface area contributed by atoms with Crippen LogP contribution in [0.25, 0.3) is 0 Å². The maximum absolute atomic E-state index is 2.44. The molecule has 0 nitrogen and oxygen atoms in total. The molecule has 0 heterocycles. The molecule has 0 aromatic heterocycles. The molecular weight excluding hydrogens is 156 g/mol. The van der Waals surface area contributed by atoms with Crippen LogP contribution in [0.15, 0.2) is 0 Å². The van der Waals surface area contributed by atoms with Crippen LogP contribution in [0.2, 0.25) is 0 Å². The van der Waals surface area contributed by atoms with E-state index in [0.717, 1.165) is 17.8 Å². The van der Waals surface area contributed by atoms with E-state index in [1.54, 1.807) is 0 Å². The smallest absolute Gasteiger partial charge is 0.0412 e. The summed E-state index contributed by atoms with van der Waals surface area (Å²) in [5.41, 5.74) is 0. The first-order valence-electron chi connectivity index (χ1n) is 6.18. The fourth-order valence-electron chi connectivity index (χ4n) is 2.56. The van der Waals surface area contributed by atoms with Crippen LogP contribution in [0, 0.1) is 17.8 Å². The second kappa shape index (κ2) is 5.67. The van der Waals surface area contributed by atoms with E-state index in [1.807, 2.05) is 0 Å². The van der Waals surface area contributed by atoms with E-state index < -0.39 is 0 Å². The van der Waals surface area contributed by atoms with Gasteiger partial charge in [-0.15, -0.1) is 0 Å². The van der Waals surface area contributed by atoms with Crippen molar-refractivity contribution >= 4 is 0 Å². The van der Waals surface area contributed by atoms with Gasteiger partial charge in [-0.2, -0.15) is 0 Å². The first-order valence-corrected chi connectivity index (χ1v) is 6.18. The molecule has 0 aromatic carbocycles. The monoisotopic (exact) mass is 182 g/mol. The Morgan fingerprint density at radius 3 is 2.54 bits per heavy atom. The van der Waals surface area contributed by atoms with E-state index in [1.165, 1.54) is 44.9 Å². The zero-order valence-corrected chi connectivity index (χ0v) is 9.68. The quantitative estimate of drug-likeness (QED) is 0.558.